The van der Waals surface area contributed by atoms with Crippen LogP contribution in [0.25, 0.3) is 0 Å². The van der Waals surface area contributed by atoms with Crippen LogP contribution in [0.5, 0.6) is 5.75 Å². The van der Waals surface area contributed by atoms with Gasteiger partial charge in [0.25, 0.3) is 8.32 Å². The third-order valence-corrected chi connectivity index (χ3v) is 11.5. The summed E-state index contributed by atoms with van der Waals surface area (Å²) in [6.45, 7) is 12.0. The van der Waals surface area contributed by atoms with Crippen LogP contribution in [0.2, 0.25) is 5.04 Å². The average Bonchev–Trinajstić information content (AvgIpc) is 2.96. The molecule has 0 aliphatic heterocycles. The average molecular weight is 568 g/mol. The summed E-state index contributed by atoms with van der Waals surface area (Å²) in [4.78, 5) is 0. The molecule has 0 radical (unpaired) electrons. The van der Waals surface area contributed by atoms with E-state index >= 15 is 0 Å². The van der Waals surface area contributed by atoms with Gasteiger partial charge in [-0.2, -0.15) is 0 Å². The van der Waals surface area contributed by atoms with Crippen LogP contribution in [-0.4, -0.2) is 74.4 Å². The lowest BCUT2D eigenvalue weighted by Gasteiger charge is -2.43. The maximum Gasteiger partial charge on any atom is 0.261 e. The zero-order chi connectivity index (χ0) is 28.5. The number of nitrogens with two attached hydrogens (primary N) is 1. The fraction of sp³-hybridized carbons (Fsp3) is 0.438. The summed E-state index contributed by atoms with van der Waals surface area (Å²) in [5.74, 6) is 0.780. The van der Waals surface area contributed by atoms with Crippen molar-refractivity contribution >= 4 is 24.4 Å². The highest BCUT2D eigenvalue weighted by atomic mass is 28.4. The fourth-order valence-electron chi connectivity index (χ4n) is 4.56. The number of rotatable bonds is 19. The number of ether oxygens (including phenoxy) is 5. The molecule has 0 amide bonds. The van der Waals surface area contributed by atoms with E-state index in [4.69, 9.17) is 33.8 Å². The predicted molar refractivity (Wildman–Crippen MR) is 163 cm³/mol. The molecule has 7 nitrogen and oxygen atoms in total. The van der Waals surface area contributed by atoms with Crippen LogP contribution in [0.4, 0.5) is 5.69 Å². The van der Waals surface area contributed by atoms with Crippen LogP contribution < -0.4 is 20.8 Å². The number of hydrogen-bond donors (Lipinski definition) is 1. The normalized spacial score (nSPS) is 12.0. The minimum atomic E-state index is -2.52. The molecule has 0 unspecified atom stereocenters. The molecule has 40 heavy (non-hydrogen) atoms. The fourth-order valence-corrected chi connectivity index (χ4v) is 9.10. The maximum atomic E-state index is 6.83. The second-order valence-corrected chi connectivity index (χ2v) is 14.7. The SMILES string of the molecule is CC(C)(C)[Si](OCCOCCOCCOCCOCCOc1ccc(N)cc1)(c1ccccc1)c1ccccc1. The molecule has 0 saturated heterocycles. The van der Waals surface area contributed by atoms with Crippen molar-refractivity contribution < 1.29 is 28.1 Å². The summed E-state index contributed by atoms with van der Waals surface area (Å²) in [6.07, 6.45) is 0. The summed E-state index contributed by atoms with van der Waals surface area (Å²) in [5, 5.41) is 2.50. The van der Waals surface area contributed by atoms with E-state index in [1.807, 2.05) is 24.3 Å². The lowest BCUT2D eigenvalue weighted by Crippen LogP contribution is -2.66. The topological polar surface area (TPSA) is 81.4 Å². The number of nitrogen functional groups attached to an aromatic ring is 1. The lowest BCUT2D eigenvalue weighted by atomic mass is 10.2. The summed E-state index contributed by atoms with van der Waals surface area (Å²) in [7, 11) is -2.52. The van der Waals surface area contributed by atoms with Crippen LogP contribution in [0.15, 0.2) is 84.9 Å². The van der Waals surface area contributed by atoms with Gasteiger partial charge in [0, 0.05) is 5.69 Å². The Labute approximate surface area is 240 Å². The minimum absolute atomic E-state index is 0.0464. The van der Waals surface area contributed by atoms with Crippen molar-refractivity contribution in [2.75, 3.05) is 71.8 Å². The van der Waals surface area contributed by atoms with Crippen molar-refractivity contribution in [1.29, 1.82) is 0 Å². The highest BCUT2D eigenvalue weighted by molar-refractivity contribution is 6.99. The Morgan fingerprint density at radius 2 is 0.925 bits per heavy atom. The van der Waals surface area contributed by atoms with Gasteiger partial charge in [0.15, 0.2) is 0 Å². The van der Waals surface area contributed by atoms with Gasteiger partial charge in [-0.25, -0.2) is 0 Å². The zero-order valence-corrected chi connectivity index (χ0v) is 25.2. The van der Waals surface area contributed by atoms with Crippen molar-refractivity contribution in [3.63, 3.8) is 0 Å². The van der Waals surface area contributed by atoms with Gasteiger partial charge in [0.1, 0.15) is 12.4 Å². The second-order valence-electron chi connectivity index (χ2n) is 10.4. The van der Waals surface area contributed by atoms with E-state index in [9.17, 15) is 0 Å². The van der Waals surface area contributed by atoms with E-state index in [2.05, 4.69) is 81.4 Å². The van der Waals surface area contributed by atoms with Crippen LogP contribution in [-0.2, 0) is 23.4 Å². The molecule has 0 atom stereocenters. The van der Waals surface area contributed by atoms with E-state index in [1.165, 1.54) is 10.4 Å². The Morgan fingerprint density at radius 1 is 0.525 bits per heavy atom. The van der Waals surface area contributed by atoms with Crippen molar-refractivity contribution in [2.45, 2.75) is 25.8 Å². The Morgan fingerprint density at radius 3 is 1.35 bits per heavy atom. The van der Waals surface area contributed by atoms with E-state index in [-0.39, 0.29) is 5.04 Å². The summed E-state index contributed by atoms with van der Waals surface area (Å²) < 4.78 is 34.9. The van der Waals surface area contributed by atoms with Crippen molar-refractivity contribution in [3.05, 3.63) is 84.9 Å². The van der Waals surface area contributed by atoms with Crippen molar-refractivity contribution in [2.24, 2.45) is 0 Å². The first-order valence-electron chi connectivity index (χ1n) is 14.0. The Balaban J connectivity index is 1.24. The standard InChI is InChI=1S/C32H45NO6Si/c1-32(2,3)40(30-10-6-4-7-11-30,31-12-8-5-9-13-31)39-27-25-37-23-21-35-19-18-34-20-22-36-24-26-38-29-16-14-28(33)15-17-29/h4-17H,18-27,33H2,1-3H3. The number of hydrogen-bond acceptors (Lipinski definition) is 7. The second kappa shape index (κ2) is 17.2. The van der Waals surface area contributed by atoms with Gasteiger partial charge in [-0.1, -0.05) is 81.4 Å². The van der Waals surface area contributed by atoms with Gasteiger partial charge in [0.05, 0.1) is 59.5 Å². The predicted octanol–water partition coefficient (Wildman–Crippen LogP) is 4.29. The number of anilines is 1. The van der Waals surface area contributed by atoms with Crippen molar-refractivity contribution in [3.8, 4) is 5.75 Å². The van der Waals surface area contributed by atoms with Gasteiger partial charge >= 0.3 is 0 Å². The molecule has 218 valence electrons. The van der Waals surface area contributed by atoms with Gasteiger partial charge in [-0.15, -0.1) is 0 Å². The quantitative estimate of drug-likeness (QED) is 0.131. The molecule has 0 heterocycles. The molecule has 0 aromatic heterocycles. The molecule has 2 N–H and O–H groups in total. The Kier molecular flexibility index (Phi) is 13.6. The van der Waals surface area contributed by atoms with Crippen molar-refractivity contribution in [1.82, 2.24) is 0 Å². The molecule has 8 heteroatoms. The van der Waals surface area contributed by atoms with E-state index in [0.717, 1.165) is 5.75 Å². The first kappa shape index (κ1) is 31.8. The van der Waals surface area contributed by atoms with Gasteiger partial charge in [0.2, 0.25) is 0 Å². The highest BCUT2D eigenvalue weighted by Crippen LogP contribution is 2.36. The lowest BCUT2D eigenvalue weighted by molar-refractivity contribution is -0.00726. The summed E-state index contributed by atoms with van der Waals surface area (Å²) in [6, 6.07) is 28.6. The molecule has 0 spiro atoms. The van der Waals surface area contributed by atoms with Crippen LogP contribution in [0.3, 0.4) is 0 Å². The Hall–Kier alpha value is -2.72. The molecule has 3 aromatic rings. The summed E-state index contributed by atoms with van der Waals surface area (Å²) in [5.41, 5.74) is 6.38. The molecular weight excluding hydrogens is 522 g/mol. The Bertz CT molecular complexity index is 1020. The number of benzene rings is 3. The van der Waals surface area contributed by atoms with Gasteiger partial charge < -0.3 is 33.8 Å². The molecule has 0 saturated carbocycles. The largest absolute Gasteiger partial charge is 0.491 e. The van der Waals surface area contributed by atoms with Gasteiger partial charge in [-0.3, -0.25) is 0 Å². The molecular formula is C32H45NO6Si. The maximum absolute atomic E-state index is 6.83. The minimum Gasteiger partial charge on any atom is -0.491 e. The van der Waals surface area contributed by atoms with E-state index < -0.39 is 8.32 Å². The van der Waals surface area contributed by atoms with Crippen LogP contribution >= 0.6 is 0 Å². The highest BCUT2D eigenvalue weighted by Gasteiger charge is 2.49. The molecule has 3 rings (SSSR count). The van der Waals surface area contributed by atoms with E-state index in [1.54, 1.807) is 0 Å². The zero-order valence-electron chi connectivity index (χ0n) is 24.2. The third-order valence-electron chi connectivity index (χ3n) is 6.46. The molecule has 0 bridgehead atoms. The van der Waals surface area contributed by atoms with Gasteiger partial charge in [-0.05, 0) is 39.7 Å². The molecule has 0 fully saturated rings. The van der Waals surface area contributed by atoms with E-state index in [0.29, 0.717) is 71.8 Å². The monoisotopic (exact) mass is 567 g/mol. The molecule has 0 aliphatic rings. The summed E-state index contributed by atoms with van der Waals surface area (Å²) >= 11 is 0. The van der Waals surface area contributed by atoms with Crippen LogP contribution in [0, 0.1) is 0 Å². The smallest absolute Gasteiger partial charge is 0.261 e. The third kappa shape index (κ3) is 10.0. The van der Waals surface area contributed by atoms with Crippen LogP contribution in [0.1, 0.15) is 20.8 Å². The molecule has 3 aromatic carbocycles. The first-order valence-corrected chi connectivity index (χ1v) is 15.9. The first-order chi connectivity index (χ1) is 19.4. The molecule has 0 aliphatic carbocycles.